The lowest BCUT2D eigenvalue weighted by Gasteiger charge is -2.05. The van der Waals surface area contributed by atoms with Gasteiger partial charge >= 0.3 is 0 Å². The zero-order valence-electron chi connectivity index (χ0n) is 25.2. The first-order valence-electron chi connectivity index (χ1n) is 14.6. The van der Waals surface area contributed by atoms with Gasteiger partial charge in [-0.2, -0.15) is 0 Å². The van der Waals surface area contributed by atoms with Crippen LogP contribution in [0.2, 0.25) is 0 Å². The molecular weight excluding hydrogens is 549 g/mol. The van der Waals surface area contributed by atoms with E-state index in [-0.39, 0.29) is 17.4 Å². The molecule has 0 aliphatic rings. The van der Waals surface area contributed by atoms with Crippen molar-refractivity contribution in [3.63, 3.8) is 0 Å². The van der Waals surface area contributed by atoms with Gasteiger partial charge in [-0.15, -0.1) is 0 Å². The third kappa shape index (κ3) is 8.22. The number of phenols is 3. The van der Waals surface area contributed by atoms with Gasteiger partial charge < -0.3 is 15.3 Å². The van der Waals surface area contributed by atoms with Gasteiger partial charge in [0.25, 0.3) is 0 Å². The highest BCUT2D eigenvalue weighted by Crippen LogP contribution is 2.29. The summed E-state index contributed by atoms with van der Waals surface area (Å²) < 4.78 is 0. The minimum Gasteiger partial charge on any atom is -0.505 e. The molecule has 6 rings (SSSR count). The molecule has 6 nitrogen and oxygen atoms in total. The van der Waals surface area contributed by atoms with Gasteiger partial charge in [-0.05, 0) is 54.2 Å². The molecule has 0 unspecified atom stereocenters. The van der Waals surface area contributed by atoms with Crippen molar-refractivity contribution < 1.29 is 15.3 Å². The Bertz CT molecular complexity index is 1570. The molecule has 0 bridgehead atoms. The van der Waals surface area contributed by atoms with Crippen molar-refractivity contribution in [1.29, 1.82) is 0 Å². The van der Waals surface area contributed by atoms with Crippen molar-refractivity contribution >= 4 is 50.1 Å². The third-order valence-corrected chi connectivity index (χ3v) is 7.05. The average molecular weight is 589 g/mol. The molecule has 0 saturated heterocycles. The number of hydrogen-bond donors (Lipinski definition) is 3. The first kappa shape index (κ1) is 33.3. The largest absolute Gasteiger partial charge is 0.505 e. The molecular formula is C36H39AlN3O3. The Labute approximate surface area is 264 Å². The maximum Gasteiger partial charge on any atom is 0.144 e. The standard InChI is InChI=1S/3C12H13NO.Al/c3*1-2-4-10-7-6-9-5-3-8-13-11(9)12(10)14;/h3*3,5-8,14H,2,4H2,1H3;. The fourth-order valence-electron chi connectivity index (χ4n) is 4.93. The summed E-state index contributed by atoms with van der Waals surface area (Å²) in [5, 5.41) is 32.7. The molecule has 3 heterocycles. The molecule has 0 saturated carbocycles. The third-order valence-electron chi connectivity index (χ3n) is 7.05. The summed E-state index contributed by atoms with van der Waals surface area (Å²) >= 11 is 0. The number of hydrogen-bond acceptors (Lipinski definition) is 6. The predicted octanol–water partition coefficient (Wildman–Crippen LogP) is 8.30. The molecule has 7 heteroatoms. The Morgan fingerprint density at radius 2 is 0.721 bits per heavy atom. The zero-order chi connectivity index (χ0) is 29.9. The van der Waals surface area contributed by atoms with Crippen molar-refractivity contribution in [3.05, 3.63) is 108 Å². The van der Waals surface area contributed by atoms with Crippen LogP contribution in [-0.4, -0.2) is 47.6 Å². The summed E-state index contributed by atoms with van der Waals surface area (Å²) in [5.41, 5.74) is 5.08. The van der Waals surface area contributed by atoms with E-state index in [4.69, 9.17) is 0 Å². The van der Waals surface area contributed by atoms with Crippen LogP contribution in [-0.2, 0) is 19.3 Å². The number of nitrogens with zero attached hydrogens (tertiary/aromatic N) is 3. The Morgan fingerprint density at radius 3 is 0.977 bits per heavy atom. The molecule has 0 spiro atoms. The maximum absolute atomic E-state index is 9.92. The van der Waals surface area contributed by atoms with Gasteiger partial charge in [-0.25, -0.2) is 0 Å². The van der Waals surface area contributed by atoms with Gasteiger partial charge in [0, 0.05) is 52.1 Å². The van der Waals surface area contributed by atoms with E-state index < -0.39 is 0 Å². The number of aryl methyl sites for hydroxylation is 3. The minimum atomic E-state index is 0. The highest BCUT2D eigenvalue weighted by molar-refractivity contribution is 5.86. The van der Waals surface area contributed by atoms with E-state index in [0.29, 0.717) is 33.8 Å². The van der Waals surface area contributed by atoms with Crippen molar-refractivity contribution in [2.45, 2.75) is 59.3 Å². The molecule has 43 heavy (non-hydrogen) atoms. The van der Waals surface area contributed by atoms with Crippen LogP contribution in [0.1, 0.15) is 56.7 Å². The van der Waals surface area contributed by atoms with E-state index in [1.807, 2.05) is 72.8 Å². The molecule has 0 aliphatic carbocycles. The van der Waals surface area contributed by atoms with E-state index in [1.165, 1.54) is 0 Å². The van der Waals surface area contributed by atoms with Crippen LogP contribution in [0, 0.1) is 0 Å². The summed E-state index contributed by atoms with van der Waals surface area (Å²) in [5.74, 6) is 1.01. The van der Waals surface area contributed by atoms with Crippen LogP contribution in [0.3, 0.4) is 0 Å². The summed E-state index contributed by atoms with van der Waals surface area (Å²) in [4.78, 5) is 12.5. The van der Waals surface area contributed by atoms with Crippen molar-refractivity contribution in [3.8, 4) is 17.2 Å². The Morgan fingerprint density at radius 1 is 0.442 bits per heavy atom. The van der Waals surface area contributed by atoms with Crippen LogP contribution >= 0.6 is 0 Å². The smallest absolute Gasteiger partial charge is 0.144 e. The quantitative estimate of drug-likeness (QED) is 0.169. The number of fused-ring (bicyclic) bond motifs is 3. The zero-order valence-corrected chi connectivity index (χ0v) is 26.3. The van der Waals surface area contributed by atoms with Crippen LogP contribution in [0.25, 0.3) is 32.7 Å². The summed E-state index contributed by atoms with van der Waals surface area (Å²) in [7, 11) is 0. The molecule has 0 aliphatic heterocycles. The van der Waals surface area contributed by atoms with Gasteiger partial charge in [-0.1, -0.05) is 94.6 Å². The molecule has 3 aromatic heterocycles. The SMILES string of the molecule is CCCc1ccc2cccnc2c1O.CCCc1ccc2cccnc2c1O.CCCc1ccc2cccnc2c1O.[Al]. The molecule has 6 aromatic rings. The predicted molar refractivity (Wildman–Crippen MR) is 178 cm³/mol. The van der Waals surface area contributed by atoms with Gasteiger partial charge in [-0.3, -0.25) is 15.0 Å². The Kier molecular flexibility index (Phi) is 12.8. The Hall–Kier alpha value is -4.18. The molecule has 3 radical (unpaired) electrons. The van der Waals surface area contributed by atoms with E-state index in [1.54, 1.807) is 18.6 Å². The van der Waals surface area contributed by atoms with Gasteiger partial charge in [0.1, 0.15) is 33.8 Å². The summed E-state index contributed by atoms with van der Waals surface area (Å²) in [6, 6.07) is 23.4. The van der Waals surface area contributed by atoms with Gasteiger partial charge in [0.15, 0.2) is 0 Å². The van der Waals surface area contributed by atoms with Gasteiger partial charge in [0.05, 0.1) is 0 Å². The molecule has 0 amide bonds. The lowest BCUT2D eigenvalue weighted by Crippen LogP contribution is -1.87. The highest BCUT2D eigenvalue weighted by Gasteiger charge is 2.07. The maximum atomic E-state index is 9.92. The lowest BCUT2D eigenvalue weighted by molar-refractivity contribution is 0.472. The van der Waals surface area contributed by atoms with Crippen LogP contribution in [0.5, 0.6) is 17.2 Å². The molecule has 219 valence electrons. The lowest BCUT2D eigenvalue weighted by atomic mass is 10.1. The number of aromatic hydroxyl groups is 3. The number of rotatable bonds is 6. The normalized spacial score (nSPS) is 10.4. The molecule has 0 atom stereocenters. The van der Waals surface area contributed by atoms with Crippen molar-refractivity contribution in [2.75, 3.05) is 0 Å². The average Bonchev–Trinajstić information content (AvgIpc) is 3.03. The molecule has 3 aromatic carbocycles. The first-order valence-corrected chi connectivity index (χ1v) is 14.6. The van der Waals surface area contributed by atoms with Gasteiger partial charge in [0.2, 0.25) is 0 Å². The van der Waals surface area contributed by atoms with Crippen LogP contribution in [0.4, 0.5) is 0 Å². The fourth-order valence-corrected chi connectivity index (χ4v) is 4.93. The number of aromatic nitrogens is 3. The van der Waals surface area contributed by atoms with E-state index in [9.17, 15) is 15.3 Å². The second kappa shape index (κ2) is 16.5. The molecule has 0 fully saturated rings. The van der Waals surface area contributed by atoms with Crippen LogP contribution < -0.4 is 0 Å². The number of pyridine rings is 3. The van der Waals surface area contributed by atoms with Crippen molar-refractivity contribution in [2.24, 2.45) is 0 Å². The summed E-state index contributed by atoms with van der Waals surface area (Å²) in [6.07, 6.45) is 10.9. The second-order valence-corrected chi connectivity index (χ2v) is 10.2. The van der Waals surface area contributed by atoms with E-state index >= 15 is 0 Å². The minimum absolute atomic E-state index is 0. The van der Waals surface area contributed by atoms with E-state index in [0.717, 1.165) is 71.4 Å². The van der Waals surface area contributed by atoms with Crippen molar-refractivity contribution in [1.82, 2.24) is 15.0 Å². The number of phenolic OH excluding ortho intramolecular Hbond substituents is 3. The second-order valence-electron chi connectivity index (χ2n) is 10.2. The first-order chi connectivity index (χ1) is 20.5. The summed E-state index contributed by atoms with van der Waals surface area (Å²) in [6.45, 7) is 6.30. The Balaban J connectivity index is 0.000000175. The topological polar surface area (TPSA) is 99.4 Å². The fraction of sp³-hybridized carbons (Fsp3) is 0.250. The van der Waals surface area contributed by atoms with E-state index in [2.05, 4.69) is 35.7 Å². The highest BCUT2D eigenvalue weighted by atomic mass is 27.0. The van der Waals surface area contributed by atoms with Crippen LogP contribution in [0.15, 0.2) is 91.4 Å². The number of benzene rings is 3. The monoisotopic (exact) mass is 588 g/mol. The molecule has 3 N–H and O–H groups in total.